The molecule has 0 bridgehead atoms. The van der Waals surface area contributed by atoms with Gasteiger partial charge < -0.3 is 5.32 Å². The Bertz CT molecular complexity index is 282. The molecule has 1 unspecified atom stereocenters. The van der Waals surface area contributed by atoms with E-state index in [9.17, 15) is 8.42 Å². The van der Waals surface area contributed by atoms with Gasteiger partial charge in [0.2, 0.25) is 10.0 Å². The van der Waals surface area contributed by atoms with Crippen LogP contribution in [-0.2, 0) is 10.0 Å². The minimum atomic E-state index is -3.08. The van der Waals surface area contributed by atoms with Gasteiger partial charge in [-0.3, -0.25) is 0 Å². The van der Waals surface area contributed by atoms with Crippen LogP contribution in [-0.4, -0.2) is 44.2 Å². The third-order valence-corrected chi connectivity index (χ3v) is 5.13. The van der Waals surface area contributed by atoms with Crippen LogP contribution < -0.4 is 5.32 Å². The van der Waals surface area contributed by atoms with Crippen molar-refractivity contribution < 1.29 is 8.42 Å². The van der Waals surface area contributed by atoms with Crippen molar-refractivity contribution in [3.05, 3.63) is 0 Å². The predicted molar refractivity (Wildman–Crippen MR) is 62.3 cm³/mol. The van der Waals surface area contributed by atoms with Gasteiger partial charge in [0.25, 0.3) is 0 Å². The number of piperidine rings is 1. The first-order chi connectivity index (χ1) is 6.94. The molecule has 1 aliphatic heterocycles. The smallest absolute Gasteiger partial charge is 0.216 e. The van der Waals surface area contributed by atoms with Crippen LogP contribution in [0.5, 0.6) is 0 Å². The molecule has 1 aliphatic rings. The van der Waals surface area contributed by atoms with E-state index in [1.807, 2.05) is 0 Å². The van der Waals surface area contributed by atoms with Crippen LogP contribution in [0.1, 0.15) is 33.1 Å². The molecule has 0 aromatic heterocycles. The molecule has 0 aromatic rings. The van der Waals surface area contributed by atoms with Crippen molar-refractivity contribution in [1.82, 2.24) is 9.62 Å². The molecule has 1 heterocycles. The van der Waals surface area contributed by atoms with Crippen LogP contribution in [0, 0.1) is 0 Å². The molecular formula is C10H22N2O2S. The highest BCUT2D eigenvalue weighted by Crippen LogP contribution is 2.12. The van der Waals surface area contributed by atoms with Crippen LogP contribution in [0.25, 0.3) is 0 Å². The number of nitrogens with one attached hydrogen (secondary N) is 1. The summed E-state index contributed by atoms with van der Waals surface area (Å²) in [4.78, 5) is 0. The van der Waals surface area contributed by atoms with E-state index in [2.05, 4.69) is 5.32 Å². The fraction of sp³-hybridized carbons (Fsp3) is 1.00. The number of sulfonamides is 1. The van der Waals surface area contributed by atoms with E-state index in [-0.39, 0.29) is 5.25 Å². The van der Waals surface area contributed by atoms with Gasteiger partial charge in [-0.05, 0) is 33.2 Å². The number of hydrogen-bond acceptors (Lipinski definition) is 3. The monoisotopic (exact) mass is 234 g/mol. The molecule has 0 saturated carbocycles. The van der Waals surface area contributed by atoms with Crippen LogP contribution in [0.3, 0.4) is 0 Å². The first kappa shape index (κ1) is 12.9. The van der Waals surface area contributed by atoms with Crippen molar-refractivity contribution in [2.75, 3.05) is 20.1 Å². The summed E-state index contributed by atoms with van der Waals surface area (Å²) in [7, 11) is -1.41. The normalized spacial score (nSPS) is 23.7. The van der Waals surface area contributed by atoms with Gasteiger partial charge in [-0.15, -0.1) is 0 Å². The average Bonchev–Trinajstić information content (AvgIpc) is 2.18. The Balaban J connectivity index is 2.50. The zero-order valence-electron chi connectivity index (χ0n) is 9.86. The second-order valence-electron chi connectivity index (χ2n) is 4.52. The quantitative estimate of drug-likeness (QED) is 0.783. The van der Waals surface area contributed by atoms with Crippen molar-refractivity contribution in [3.63, 3.8) is 0 Å². The molecule has 1 N–H and O–H groups in total. The van der Waals surface area contributed by atoms with Gasteiger partial charge in [-0.1, -0.05) is 6.42 Å². The molecule has 0 radical (unpaired) electrons. The molecule has 1 saturated heterocycles. The largest absolute Gasteiger partial charge is 0.313 e. The molecule has 1 atom stereocenters. The third kappa shape index (κ3) is 3.43. The second kappa shape index (κ2) is 5.27. The lowest BCUT2D eigenvalue weighted by Crippen LogP contribution is -2.45. The summed E-state index contributed by atoms with van der Waals surface area (Å²) in [5.41, 5.74) is 0. The average molecular weight is 234 g/mol. The fourth-order valence-corrected chi connectivity index (χ4v) is 2.96. The van der Waals surface area contributed by atoms with Crippen LogP contribution in [0.15, 0.2) is 0 Å². The molecule has 0 aliphatic carbocycles. The zero-order chi connectivity index (χ0) is 11.5. The molecule has 5 heteroatoms. The Morgan fingerprint density at radius 2 is 2.07 bits per heavy atom. The van der Waals surface area contributed by atoms with E-state index >= 15 is 0 Å². The van der Waals surface area contributed by atoms with Crippen molar-refractivity contribution in [1.29, 1.82) is 0 Å². The first-order valence-electron chi connectivity index (χ1n) is 5.63. The lowest BCUT2D eigenvalue weighted by molar-refractivity contribution is 0.336. The lowest BCUT2D eigenvalue weighted by Gasteiger charge is -2.28. The highest BCUT2D eigenvalue weighted by molar-refractivity contribution is 7.89. The minimum Gasteiger partial charge on any atom is -0.313 e. The highest BCUT2D eigenvalue weighted by atomic mass is 32.2. The SMILES string of the molecule is CC(C)S(=O)(=O)N(C)CC1CCCCN1. The molecular weight excluding hydrogens is 212 g/mol. The summed E-state index contributed by atoms with van der Waals surface area (Å²) in [5, 5.41) is 3.03. The second-order valence-corrected chi connectivity index (χ2v) is 7.12. The van der Waals surface area contributed by atoms with E-state index in [0.29, 0.717) is 12.6 Å². The maximum Gasteiger partial charge on any atom is 0.216 e. The van der Waals surface area contributed by atoms with E-state index in [1.165, 1.54) is 17.1 Å². The summed E-state index contributed by atoms with van der Waals surface area (Å²) in [6, 6.07) is 0.331. The van der Waals surface area contributed by atoms with Gasteiger partial charge in [-0.2, -0.15) is 0 Å². The summed E-state index contributed by atoms with van der Waals surface area (Å²) >= 11 is 0. The number of nitrogens with zero attached hydrogens (tertiary/aromatic N) is 1. The Kier molecular flexibility index (Phi) is 4.55. The van der Waals surface area contributed by atoms with Gasteiger partial charge in [0.15, 0.2) is 0 Å². The molecule has 90 valence electrons. The van der Waals surface area contributed by atoms with E-state index < -0.39 is 10.0 Å². The van der Waals surface area contributed by atoms with Crippen molar-refractivity contribution >= 4 is 10.0 Å². The van der Waals surface area contributed by atoms with Crippen molar-refractivity contribution in [3.8, 4) is 0 Å². The van der Waals surface area contributed by atoms with Gasteiger partial charge in [-0.25, -0.2) is 12.7 Å². The van der Waals surface area contributed by atoms with Gasteiger partial charge in [0.1, 0.15) is 0 Å². The molecule has 0 amide bonds. The van der Waals surface area contributed by atoms with E-state index in [1.54, 1.807) is 20.9 Å². The third-order valence-electron chi connectivity index (χ3n) is 2.92. The molecule has 15 heavy (non-hydrogen) atoms. The summed E-state index contributed by atoms with van der Waals surface area (Å²) < 4.78 is 25.1. The van der Waals surface area contributed by atoms with Crippen LogP contribution in [0.4, 0.5) is 0 Å². The van der Waals surface area contributed by atoms with Crippen LogP contribution >= 0.6 is 0 Å². The standard InChI is InChI=1S/C10H22N2O2S/c1-9(2)15(13,14)12(3)8-10-6-4-5-7-11-10/h9-11H,4-8H2,1-3H3. The number of likely N-dealkylation sites (N-methyl/N-ethyl adjacent to an activating group) is 1. The topological polar surface area (TPSA) is 49.4 Å². The zero-order valence-corrected chi connectivity index (χ0v) is 10.7. The fourth-order valence-electron chi connectivity index (χ4n) is 1.85. The Hall–Kier alpha value is -0.130. The van der Waals surface area contributed by atoms with E-state index in [4.69, 9.17) is 0 Å². The molecule has 0 spiro atoms. The lowest BCUT2D eigenvalue weighted by atomic mass is 10.1. The predicted octanol–water partition coefficient (Wildman–Crippen LogP) is 0.798. The maximum atomic E-state index is 11.8. The van der Waals surface area contributed by atoms with Crippen LogP contribution in [0.2, 0.25) is 0 Å². The molecule has 1 rings (SSSR count). The molecule has 1 fully saturated rings. The molecule has 0 aromatic carbocycles. The highest BCUT2D eigenvalue weighted by Gasteiger charge is 2.25. The summed E-state index contributed by atoms with van der Waals surface area (Å²) in [6.45, 7) is 5.06. The summed E-state index contributed by atoms with van der Waals surface area (Å²) in [5.74, 6) is 0. The van der Waals surface area contributed by atoms with Gasteiger partial charge in [0, 0.05) is 19.6 Å². The van der Waals surface area contributed by atoms with Crippen molar-refractivity contribution in [2.24, 2.45) is 0 Å². The van der Waals surface area contributed by atoms with Gasteiger partial charge in [0.05, 0.1) is 5.25 Å². The Morgan fingerprint density at radius 3 is 2.53 bits per heavy atom. The Labute approximate surface area is 93.1 Å². The first-order valence-corrected chi connectivity index (χ1v) is 7.13. The summed E-state index contributed by atoms with van der Waals surface area (Å²) in [6.07, 6.45) is 3.49. The maximum absolute atomic E-state index is 11.8. The number of hydrogen-bond donors (Lipinski definition) is 1. The molecule has 4 nitrogen and oxygen atoms in total. The van der Waals surface area contributed by atoms with Gasteiger partial charge >= 0.3 is 0 Å². The van der Waals surface area contributed by atoms with Crippen molar-refractivity contribution in [2.45, 2.75) is 44.4 Å². The minimum absolute atomic E-state index is 0.328. The van der Waals surface area contributed by atoms with E-state index in [0.717, 1.165) is 13.0 Å². The Morgan fingerprint density at radius 1 is 1.40 bits per heavy atom. The number of rotatable bonds is 4.